The van der Waals surface area contributed by atoms with Crippen LogP contribution < -0.4 is 5.73 Å². The lowest BCUT2D eigenvalue weighted by atomic mass is 10.1. The first-order valence-electron chi connectivity index (χ1n) is 6.76. The number of nitrogens with zero attached hydrogens (tertiary/aromatic N) is 2. The van der Waals surface area contributed by atoms with Crippen LogP contribution in [0, 0.1) is 5.82 Å². The number of aromatic nitrogens is 1. The fourth-order valence-corrected chi connectivity index (χ4v) is 2.81. The number of anilines is 1. The third-order valence-corrected chi connectivity index (χ3v) is 4.11. The maximum Gasteiger partial charge on any atom is 0.229 e. The van der Waals surface area contributed by atoms with Gasteiger partial charge in [0.05, 0.1) is 18.2 Å². The van der Waals surface area contributed by atoms with Gasteiger partial charge < -0.3 is 10.6 Å². The van der Waals surface area contributed by atoms with Gasteiger partial charge in [-0.1, -0.05) is 12.1 Å². The van der Waals surface area contributed by atoms with Gasteiger partial charge in [0.2, 0.25) is 5.91 Å². The summed E-state index contributed by atoms with van der Waals surface area (Å²) in [5.74, 6) is -0.294. The topological polar surface area (TPSA) is 59.2 Å². The molecule has 0 aliphatic heterocycles. The molecule has 0 bridgehead atoms. The Morgan fingerprint density at radius 2 is 2.10 bits per heavy atom. The normalized spacial score (nSPS) is 12.1. The van der Waals surface area contributed by atoms with E-state index in [0.717, 1.165) is 5.56 Å². The van der Waals surface area contributed by atoms with Gasteiger partial charge in [-0.05, 0) is 31.5 Å². The minimum Gasteiger partial charge on any atom is -0.375 e. The summed E-state index contributed by atoms with van der Waals surface area (Å²) >= 11 is 1.33. The Hall–Kier alpha value is -1.95. The number of hydrogen-bond acceptors (Lipinski definition) is 4. The molecule has 112 valence electrons. The molecule has 0 aliphatic carbocycles. The zero-order valence-corrected chi connectivity index (χ0v) is 12.9. The van der Waals surface area contributed by atoms with Gasteiger partial charge >= 0.3 is 0 Å². The highest BCUT2D eigenvalue weighted by molar-refractivity contribution is 7.13. The molecule has 6 heteroatoms. The van der Waals surface area contributed by atoms with Crippen LogP contribution in [0.3, 0.4) is 0 Å². The number of carbonyl (C=O) groups excluding carboxylic acids is 1. The minimum atomic E-state index is -0.279. The summed E-state index contributed by atoms with van der Waals surface area (Å²) in [6, 6.07) is 6.11. The van der Waals surface area contributed by atoms with Crippen molar-refractivity contribution in [3.8, 4) is 0 Å². The van der Waals surface area contributed by atoms with Crippen LogP contribution in [0.2, 0.25) is 0 Å². The summed E-state index contributed by atoms with van der Waals surface area (Å²) in [4.78, 5) is 18.3. The van der Waals surface area contributed by atoms with Crippen molar-refractivity contribution in [1.29, 1.82) is 0 Å². The van der Waals surface area contributed by atoms with Crippen LogP contribution in [0.4, 0.5) is 9.52 Å². The van der Waals surface area contributed by atoms with Crippen molar-refractivity contribution in [1.82, 2.24) is 9.88 Å². The summed E-state index contributed by atoms with van der Waals surface area (Å²) in [6.45, 7) is 4.44. The van der Waals surface area contributed by atoms with Gasteiger partial charge in [-0.25, -0.2) is 9.37 Å². The van der Waals surface area contributed by atoms with Crippen molar-refractivity contribution < 1.29 is 9.18 Å². The van der Waals surface area contributed by atoms with Gasteiger partial charge in [-0.3, -0.25) is 4.79 Å². The van der Waals surface area contributed by atoms with Crippen molar-refractivity contribution in [2.45, 2.75) is 26.3 Å². The first-order valence-corrected chi connectivity index (χ1v) is 7.64. The van der Waals surface area contributed by atoms with E-state index < -0.39 is 0 Å². The molecule has 1 aromatic heterocycles. The molecule has 0 saturated heterocycles. The number of halogens is 1. The number of benzene rings is 1. The fourth-order valence-electron chi connectivity index (χ4n) is 2.25. The molecule has 1 unspecified atom stereocenters. The Bertz CT molecular complexity index is 612. The van der Waals surface area contributed by atoms with Crippen LogP contribution in [-0.2, 0) is 11.2 Å². The number of nitrogens with two attached hydrogens (primary N) is 1. The van der Waals surface area contributed by atoms with Gasteiger partial charge in [-0.2, -0.15) is 0 Å². The van der Waals surface area contributed by atoms with Crippen LogP contribution in [-0.4, -0.2) is 22.3 Å². The second-order valence-corrected chi connectivity index (χ2v) is 5.65. The quantitative estimate of drug-likeness (QED) is 0.923. The van der Waals surface area contributed by atoms with Crippen molar-refractivity contribution in [3.05, 3.63) is 46.7 Å². The maximum absolute atomic E-state index is 13.0. The predicted octanol–water partition coefficient (Wildman–Crippen LogP) is 3.02. The molecule has 1 amide bonds. The Kier molecular flexibility index (Phi) is 4.90. The average molecular weight is 307 g/mol. The molecule has 1 heterocycles. The van der Waals surface area contributed by atoms with Crippen LogP contribution in [0.5, 0.6) is 0 Å². The zero-order chi connectivity index (χ0) is 15.4. The number of amides is 1. The zero-order valence-electron chi connectivity index (χ0n) is 12.0. The van der Waals surface area contributed by atoms with Crippen LogP contribution in [0.1, 0.15) is 31.1 Å². The lowest BCUT2D eigenvalue weighted by Crippen LogP contribution is -2.34. The third-order valence-electron chi connectivity index (χ3n) is 3.38. The Morgan fingerprint density at radius 1 is 1.43 bits per heavy atom. The van der Waals surface area contributed by atoms with E-state index in [1.807, 2.05) is 13.8 Å². The van der Waals surface area contributed by atoms with Gasteiger partial charge in [0.15, 0.2) is 5.13 Å². The molecule has 4 nitrogen and oxygen atoms in total. The van der Waals surface area contributed by atoms with E-state index in [9.17, 15) is 9.18 Å². The number of likely N-dealkylation sites (N-methyl/N-ethyl adjacent to an activating group) is 1. The number of rotatable bonds is 5. The lowest BCUT2D eigenvalue weighted by molar-refractivity contribution is -0.132. The van der Waals surface area contributed by atoms with Gasteiger partial charge in [0.1, 0.15) is 5.82 Å². The largest absolute Gasteiger partial charge is 0.375 e. The lowest BCUT2D eigenvalue weighted by Gasteiger charge is -2.28. The summed E-state index contributed by atoms with van der Waals surface area (Å²) < 4.78 is 13.0. The summed E-state index contributed by atoms with van der Waals surface area (Å²) in [5.41, 5.74) is 7.17. The Morgan fingerprint density at radius 3 is 2.62 bits per heavy atom. The maximum atomic E-state index is 13.0. The average Bonchev–Trinajstić information content (AvgIpc) is 2.85. The SMILES string of the molecule is CCN(C(=O)Cc1csc(N)n1)C(C)c1ccc(F)cc1. The van der Waals surface area contributed by atoms with Gasteiger partial charge in [0.25, 0.3) is 0 Å². The van der Waals surface area contributed by atoms with E-state index in [0.29, 0.717) is 17.4 Å². The molecule has 21 heavy (non-hydrogen) atoms. The monoisotopic (exact) mass is 307 g/mol. The molecule has 2 aromatic rings. The number of carbonyl (C=O) groups is 1. The second kappa shape index (κ2) is 6.67. The van der Waals surface area contributed by atoms with Crippen molar-refractivity contribution in [3.63, 3.8) is 0 Å². The smallest absolute Gasteiger partial charge is 0.229 e. The predicted molar refractivity (Wildman–Crippen MR) is 82.4 cm³/mol. The highest BCUT2D eigenvalue weighted by atomic mass is 32.1. The molecule has 1 aromatic carbocycles. The van der Waals surface area contributed by atoms with Crippen LogP contribution in [0.25, 0.3) is 0 Å². The van der Waals surface area contributed by atoms with Crippen molar-refractivity contribution >= 4 is 22.4 Å². The van der Waals surface area contributed by atoms with E-state index >= 15 is 0 Å². The first kappa shape index (κ1) is 15.4. The molecule has 0 fully saturated rings. The van der Waals surface area contributed by atoms with Crippen LogP contribution >= 0.6 is 11.3 Å². The van der Waals surface area contributed by atoms with E-state index in [-0.39, 0.29) is 24.2 Å². The second-order valence-electron chi connectivity index (χ2n) is 4.76. The molecule has 1 atom stereocenters. The molecule has 0 radical (unpaired) electrons. The molecule has 0 spiro atoms. The molecule has 2 rings (SSSR count). The minimum absolute atomic E-state index is 0.0142. The van der Waals surface area contributed by atoms with E-state index in [4.69, 9.17) is 5.73 Å². The molecular formula is C15H18FN3OS. The fraction of sp³-hybridized carbons (Fsp3) is 0.333. The van der Waals surface area contributed by atoms with Crippen molar-refractivity contribution in [2.24, 2.45) is 0 Å². The number of nitrogen functional groups attached to an aromatic ring is 1. The molecule has 2 N–H and O–H groups in total. The summed E-state index contributed by atoms with van der Waals surface area (Å²) in [5, 5.41) is 2.26. The van der Waals surface area contributed by atoms with Crippen LogP contribution in [0.15, 0.2) is 29.6 Å². The summed E-state index contributed by atoms with van der Waals surface area (Å²) in [6.07, 6.45) is 0.229. The highest BCUT2D eigenvalue weighted by Gasteiger charge is 2.20. The number of hydrogen-bond donors (Lipinski definition) is 1. The molecular weight excluding hydrogens is 289 g/mol. The standard InChI is InChI=1S/C15H18FN3OS/c1-3-19(10(2)11-4-6-12(16)7-5-11)14(20)8-13-9-21-15(17)18-13/h4-7,9-10H,3,8H2,1-2H3,(H2,17,18). The number of thiazole rings is 1. The van der Waals surface area contributed by atoms with E-state index in [1.54, 1.807) is 22.4 Å². The van der Waals surface area contributed by atoms with E-state index in [2.05, 4.69) is 4.98 Å². The highest BCUT2D eigenvalue weighted by Crippen LogP contribution is 2.22. The molecule has 0 aliphatic rings. The first-order chi connectivity index (χ1) is 10.0. The van der Waals surface area contributed by atoms with Crippen molar-refractivity contribution in [2.75, 3.05) is 12.3 Å². The van der Waals surface area contributed by atoms with Gasteiger partial charge in [-0.15, -0.1) is 11.3 Å². The third kappa shape index (κ3) is 3.78. The van der Waals surface area contributed by atoms with E-state index in [1.165, 1.54) is 23.5 Å². The Balaban J connectivity index is 2.10. The Labute approximate surface area is 127 Å². The molecule has 0 saturated carbocycles. The van der Waals surface area contributed by atoms with Gasteiger partial charge in [0, 0.05) is 11.9 Å². The summed E-state index contributed by atoms with van der Waals surface area (Å²) in [7, 11) is 0.